The second-order valence-corrected chi connectivity index (χ2v) is 12.8. The van der Waals surface area contributed by atoms with Gasteiger partial charge >= 0.3 is 0 Å². The van der Waals surface area contributed by atoms with E-state index in [9.17, 15) is 0 Å². The van der Waals surface area contributed by atoms with E-state index in [1.54, 1.807) is 0 Å². The number of hydrogen-bond acceptors (Lipinski definition) is 2. The number of nitrogens with zero attached hydrogens (tertiary/aromatic N) is 2. The van der Waals surface area contributed by atoms with Crippen molar-refractivity contribution in [2.45, 2.75) is 57.8 Å². The summed E-state index contributed by atoms with van der Waals surface area (Å²) >= 11 is 0. The van der Waals surface area contributed by atoms with Crippen molar-refractivity contribution in [3.05, 3.63) is 143 Å². The summed E-state index contributed by atoms with van der Waals surface area (Å²) in [6.45, 7) is 13.7. The summed E-state index contributed by atoms with van der Waals surface area (Å²) in [5.41, 5.74) is 11.2. The highest BCUT2D eigenvalue weighted by Gasteiger charge is 2.49. The van der Waals surface area contributed by atoms with Crippen molar-refractivity contribution < 1.29 is 0 Å². The van der Waals surface area contributed by atoms with Gasteiger partial charge in [0.2, 0.25) is 0 Å². The smallest absolute Gasteiger partial charge is 0.106 e. The fourth-order valence-electron chi connectivity index (χ4n) is 5.95. The van der Waals surface area contributed by atoms with Crippen molar-refractivity contribution in [2.24, 2.45) is 0 Å². The lowest BCUT2D eigenvalue weighted by Gasteiger charge is -2.32. The number of hydrogen-bond donors (Lipinski definition) is 0. The molecule has 1 aliphatic carbocycles. The Bertz CT molecular complexity index is 1590. The zero-order valence-corrected chi connectivity index (χ0v) is 23.8. The number of fused-ring (bicyclic) bond motifs is 3. The van der Waals surface area contributed by atoms with Crippen LogP contribution in [0.15, 0.2) is 109 Å². The molecule has 0 saturated heterocycles. The second kappa shape index (κ2) is 9.02. The molecule has 0 radical (unpaired) electrons. The first-order valence-corrected chi connectivity index (χ1v) is 13.8. The predicted molar refractivity (Wildman–Crippen MR) is 162 cm³/mol. The lowest BCUT2D eigenvalue weighted by molar-refractivity contribution is 0.589. The Labute approximate surface area is 232 Å². The van der Waals surface area contributed by atoms with Gasteiger partial charge in [-0.2, -0.15) is 0 Å². The summed E-state index contributed by atoms with van der Waals surface area (Å²) in [4.78, 5) is 10.4. The maximum absolute atomic E-state index is 5.37. The maximum Gasteiger partial charge on any atom is 0.106 e. The van der Waals surface area contributed by atoms with Crippen LogP contribution in [0.1, 0.15) is 75.2 Å². The Morgan fingerprint density at radius 3 is 1.64 bits per heavy atom. The molecule has 194 valence electrons. The minimum atomic E-state index is -0.621. The molecule has 3 aromatic carbocycles. The van der Waals surface area contributed by atoms with Gasteiger partial charge in [-0.05, 0) is 68.5 Å². The molecule has 0 unspecified atom stereocenters. The van der Waals surface area contributed by atoms with Gasteiger partial charge in [-0.15, -0.1) is 0 Å². The first-order valence-electron chi connectivity index (χ1n) is 13.8. The monoisotopic (exact) mass is 508 g/mol. The van der Waals surface area contributed by atoms with Crippen molar-refractivity contribution in [3.63, 3.8) is 0 Å². The summed E-state index contributed by atoms with van der Waals surface area (Å²) in [5.74, 6) is 0. The summed E-state index contributed by atoms with van der Waals surface area (Å²) in [6.07, 6.45) is 1.91. The van der Waals surface area contributed by atoms with Crippen LogP contribution in [0.25, 0.3) is 22.4 Å². The molecular weight excluding hydrogens is 472 g/mol. The molecule has 2 heteroatoms. The number of aromatic nitrogens is 2. The zero-order chi connectivity index (χ0) is 27.4. The molecule has 6 rings (SSSR count). The van der Waals surface area contributed by atoms with E-state index >= 15 is 0 Å². The topological polar surface area (TPSA) is 25.8 Å². The largest absolute Gasteiger partial charge is 0.260 e. The highest BCUT2D eigenvalue weighted by atomic mass is 14.8. The Kier molecular flexibility index (Phi) is 5.84. The van der Waals surface area contributed by atoms with Crippen LogP contribution in [0.2, 0.25) is 0 Å². The molecule has 1 aliphatic rings. The molecule has 0 atom stereocenters. The first kappa shape index (κ1) is 25.2. The Balaban J connectivity index is 1.73. The van der Waals surface area contributed by atoms with E-state index in [1.807, 2.05) is 18.3 Å². The molecule has 0 N–H and O–H groups in total. The van der Waals surface area contributed by atoms with Crippen molar-refractivity contribution >= 4 is 0 Å². The average Bonchev–Trinajstić information content (AvgIpc) is 3.23. The van der Waals surface area contributed by atoms with E-state index in [0.717, 1.165) is 22.6 Å². The van der Waals surface area contributed by atoms with Crippen LogP contribution in [0.5, 0.6) is 0 Å². The molecule has 2 heterocycles. The quantitative estimate of drug-likeness (QED) is 0.238. The minimum Gasteiger partial charge on any atom is -0.260 e. The lowest BCUT2D eigenvalue weighted by atomic mass is 9.71. The third-order valence-corrected chi connectivity index (χ3v) is 8.12. The fourth-order valence-corrected chi connectivity index (χ4v) is 5.95. The number of benzene rings is 3. The molecule has 39 heavy (non-hydrogen) atoms. The molecular formula is C37H36N2. The van der Waals surface area contributed by atoms with Gasteiger partial charge in [0.25, 0.3) is 0 Å². The summed E-state index contributed by atoms with van der Waals surface area (Å²) < 4.78 is 0. The summed E-state index contributed by atoms with van der Waals surface area (Å²) in [5, 5.41) is 0. The Hall–Kier alpha value is -4.04. The van der Waals surface area contributed by atoms with Gasteiger partial charge in [-0.1, -0.05) is 120 Å². The first-order chi connectivity index (χ1) is 18.6. The van der Waals surface area contributed by atoms with E-state index in [2.05, 4.69) is 133 Å². The fraction of sp³-hybridized carbons (Fsp3) is 0.243. The second-order valence-electron chi connectivity index (χ2n) is 12.8. The highest BCUT2D eigenvalue weighted by Crippen LogP contribution is 2.56. The minimum absolute atomic E-state index is 0.0402. The van der Waals surface area contributed by atoms with Gasteiger partial charge in [-0.25, -0.2) is 0 Å². The highest BCUT2D eigenvalue weighted by molar-refractivity contribution is 5.86. The standard InChI is InChI=1S/C37H36N2/c1-35(2,3)26-18-20-30-28(23-26)29-24-27(36(4,5)6)19-21-31(29)37(30,33-16-10-11-22-38-33)34-17-12-15-32(39-34)25-13-8-7-9-14-25/h7-24H,1-6H3. The third kappa shape index (κ3) is 4.10. The van der Waals surface area contributed by atoms with Gasteiger partial charge in [0.1, 0.15) is 5.41 Å². The Morgan fingerprint density at radius 1 is 0.538 bits per heavy atom. The molecule has 0 spiro atoms. The van der Waals surface area contributed by atoms with Crippen molar-refractivity contribution in [2.75, 3.05) is 0 Å². The SMILES string of the molecule is CC(C)(C)c1ccc2c(c1)-c1cc(C(C)(C)C)ccc1C2(c1ccccn1)c1cccc(-c2ccccc2)n1. The van der Waals surface area contributed by atoms with Crippen LogP contribution in [-0.2, 0) is 16.2 Å². The van der Waals surface area contributed by atoms with Gasteiger partial charge in [-0.3, -0.25) is 9.97 Å². The zero-order valence-electron chi connectivity index (χ0n) is 23.8. The average molecular weight is 509 g/mol. The van der Waals surface area contributed by atoms with Crippen LogP contribution in [-0.4, -0.2) is 9.97 Å². The van der Waals surface area contributed by atoms with Gasteiger partial charge < -0.3 is 0 Å². The van der Waals surface area contributed by atoms with Crippen molar-refractivity contribution in [1.29, 1.82) is 0 Å². The molecule has 5 aromatic rings. The molecule has 2 nitrogen and oxygen atoms in total. The van der Waals surface area contributed by atoms with E-state index < -0.39 is 5.41 Å². The summed E-state index contributed by atoms with van der Waals surface area (Å²) in [6, 6.07) is 37.2. The number of rotatable bonds is 3. The maximum atomic E-state index is 5.37. The van der Waals surface area contributed by atoms with E-state index in [-0.39, 0.29) is 10.8 Å². The van der Waals surface area contributed by atoms with Crippen molar-refractivity contribution in [1.82, 2.24) is 9.97 Å². The molecule has 0 amide bonds. The molecule has 0 bridgehead atoms. The van der Waals surface area contributed by atoms with Crippen LogP contribution < -0.4 is 0 Å². The lowest BCUT2D eigenvalue weighted by Crippen LogP contribution is -2.31. The van der Waals surface area contributed by atoms with Crippen molar-refractivity contribution in [3.8, 4) is 22.4 Å². The predicted octanol–water partition coefficient (Wildman–Crippen LogP) is 9.10. The molecule has 2 aromatic heterocycles. The van der Waals surface area contributed by atoms with Crippen LogP contribution in [0.4, 0.5) is 0 Å². The van der Waals surface area contributed by atoms with Gasteiger partial charge in [0, 0.05) is 11.8 Å². The summed E-state index contributed by atoms with van der Waals surface area (Å²) in [7, 11) is 0. The van der Waals surface area contributed by atoms with E-state index in [4.69, 9.17) is 9.97 Å². The van der Waals surface area contributed by atoms with E-state index in [0.29, 0.717) is 0 Å². The normalized spacial score (nSPS) is 14.1. The van der Waals surface area contributed by atoms with Gasteiger partial charge in [0.05, 0.1) is 17.1 Å². The van der Waals surface area contributed by atoms with Crippen LogP contribution in [0, 0.1) is 0 Å². The molecule has 0 saturated carbocycles. The van der Waals surface area contributed by atoms with E-state index in [1.165, 1.54) is 33.4 Å². The number of pyridine rings is 2. The molecule has 0 aliphatic heterocycles. The van der Waals surface area contributed by atoms with Crippen LogP contribution >= 0.6 is 0 Å². The van der Waals surface area contributed by atoms with Crippen LogP contribution in [0.3, 0.4) is 0 Å². The third-order valence-electron chi connectivity index (χ3n) is 8.12. The molecule has 0 fully saturated rings. The van der Waals surface area contributed by atoms with Gasteiger partial charge in [0.15, 0.2) is 0 Å². The Morgan fingerprint density at radius 2 is 1.10 bits per heavy atom.